The minimum Gasteiger partial charge on any atom is -0.491 e. The van der Waals surface area contributed by atoms with Crippen molar-refractivity contribution < 1.29 is 9.47 Å². The molecule has 0 aromatic heterocycles. The number of aryl methyl sites for hydroxylation is 1. The molecule has 1 atom stereocenters. The molecule has 2 aromatic rings. The molecule has 0 radical (unpaired) electrons. The van der Waals surface area contributed by atoms with Gasteiger partial charge in [0.25, 0.3) is 0 Å². The Hall–Kier alpha value is -1.84. The van der Waals surface area contributed by atoms with Gasteiger partial charge in [0.1, 0.15) is 12.4 Å². The van der Waals surface area contributed by atoms with Crippen molar-refractivity contribution in [2.24, 2.45) is 0 Å². The Kier molecular flexibility index (Phi) is 6.70. The first-order valence-electron chi connectivity index (χ1n) is 8.98. The molecule has 3 heteroatoms. The standard InChI is InChI=1S/C21H27NO2/c1-2-6-18(7-3-1)8-4-14-22-16-19-10-12-20(13-11-19)24-17-21-9-5-15-23-21/h1-3,6-7,10-13,21-22H,4-5,8-9,14-17H2. The van der Waals surface area contributed by atoms with E-state index in [0.29, 0.717) is 6.61 Å². The highest BCUT2D eigenvalue weighted by molar-refractivity contribution is 5.27. The second-order valence-electron chi connectivity index (χ2n) is 6.36. The summed E-state index contributed by atoms with van der Waals surface area (Å²) >= 11 is 0. The predicted octanol–water partition coefficient (Wildman–Crippen LogP) is 3.97. The monoisotopic (exact) mass is 325 g/mol. The van der Waals surface area contributed by atoms with Crippen molar-refractivity contribution in [3.8, 4) is 5.75 Å². The topological polar surface area (TPSA) is 30.5 Å². The van der Waals surface area contributed by atoms with Gasteiger partial charge in [0, 0.05) is 13.2 Å². The van der Waals surface area contributed by atoms with Crippen LogP contribution in [0.25, 0.3) is 0 Å². The van der Waals surface area contributed by atoms with E-state index < -0.39 is 0 Å². The fourth-order valence-corrected chi connectivity index (χ4v) is 2.96. The maximum atomic E-state index is 5.79. The molecule has 0 bridgehead atoms. The van der Waals surface area contributed by atoms with Gasteiger partial charge < -0.3 is 14.8 Å². The number of benzene rings is 2. The van der Waals surface area contributed by atoms with Crippen LogP contribution in [0.2, 0.25) is 0 Å². The molecule has 0 aliphatic carbocycles. The molecular weight excluding hydrogens is 298 g/mol. The van der Waals surface area contributed by atoms with E-state index in [-0.39, 0.29) is 6.10 Å². The molecule has 3 rings (SSSR count). The van der Waals surface area contributed by atoms with Gasteiger partial charge in [-0.05, 0) is 55.5 Å². The highest BCUT2D eigenvalue weighted by Crippen LogP contribution is 2.16. The molecule has 1 unspecified atom stereocenters. The van der Waals surface area contributed by atoms with Crippen molar-refractivity contribution in [1.82, 2.24) is 5.32 Å². The van der Waals surface area contributed by atoms with Gasteiger partial charge >= 0.3 is 0 Å². The van der Waals surface area contributed by atoms with Crippen LogP contribution in [0.3, 0.4) is 0 Å². The summed E-state index contributed by atoms with van der Waals surface area (Å²) in [5.74, 6) is 0.929. The van der Waals surface area contributed by atoms with Gasteiger partial charge in [0.15, 0.2) is 0 Å². The van der Waals surface area contributed by atoms with Crippen molar-refractivity contribution in [2.75, 3.05) is 19.8 Å². The van der Waals surface area contributed by atoms with Gasteiger partial charge in [-0.25, -0.2) is 0 Å². The molecule has 1 saturated heterocycles. The largest absolute Gasteiger partial charge is 0.491 e. The van der Waals surface area contributed by atoms with Crippen LogP contribution in [-0.4, -0.2) is 25.9 Å². The van der Waals surface area contributed by atoms with Gasteiger partial charge in [-0.2, -0.15) is 0 Å². The van der Waals surface area contributed by atoms with E-state index in [1.807, 2.05) is 0 Å². The maximum absolute atomic E-state index is 5.79. The highest BCUT2D eigenvalue weighted by atomic mass is 16.5. The normalized spacial score (nSPS) is 17.1. The van der Waals surface area contributed by atoms with E-state index in [9.17, 15) is 0 Å². The average molecular weight is 325 g/mol. The van der Waals surface area contributed by atoms with Crippen LogP contribution in [0.15, 0.2) is 54.6 Å². The molecule has 1 fully saturated rings. The van der Waals surface area contributed by atoms with Crippen LogP contribution >= 0.6 is 0 Å². The first-order valence-corrected chi connectivity index (χ1v) is 8.98. The van der Waals surface area contributed by atoms with E-state index in [1.54, 1.807) is 0 Å². The highest BCUT2D eigenvalue weighted by Gasteiger charge is 2.15. The smallest absolute Gasteiger partial charge is 0.119 e. The molecule has 0 amide bonds. The van der Waals surface area contributed by atoms with Crippen molar-refractivity contribution >= 4 is 0 Å². The second-order valence-corrected chi connectivity index (χ2v) is 6.36. The maximum Gasteiger partial charge on any atom is 0.119 e. The predicted molar refractivity (Wildman–Crippen MR) is 97.4 cm³/mol. The molecule has 1 heterocycles. The van der Waals surface area contributed by atoms with E-state index >= 15 is 0 Å². The zero-order valence-electron chi connectivity index (χ0n) is 14.2. The second kappa shape index (κ2) is 9.45. The lowest BCUT2D eigenvalue weighted by Gasteiger charge is -2.12. The van der Waals surface area contributed by atoms with Gasteiger partial charge in [-0.1, -0.05) is 42.5 Å². The summed E-state index contributed by atoms with van der Waals surface area (Å²) in [6, 6.07) is 19.0. The summed E-state index contributed by atoms with van der Waals surface area (Å²) in [7, 11) is 0. The molecule has 1 aliphatic rings. The quantitative estimate of drug-likeness (QED) is 0.708. The van der Waals surface area contributed by atoms with E-state index in [1.165, 1.54) is 11.1 Å². The molecule has 0 spiro atoms. The zero-order chi connectivity index (χ0) is 16.5. The minimum absolute atomic E-state index is 0.274. The number of nitrogens with one attached hydrogen (secondary N) is 1. The lowest BCUT2D eigenvalue weighted by Crippen LogP contribution is -2.16. The van der Waals surface area contributed by atoms with Crippen LogP contribution in [0.5, 0.6) is 5.75 Å². The van der Waals surface area contributed by atoms with Crippen LogP contribution < -0.4 is 10.1 Å². The zero-order valence-corrected chi connectivity index (χ0v) is 14.2. The van der Waals surface area contributed by atoms with Crippen molar-refractivity contribution in [3.63, 3.8) is 0 Å². The Morgan fingerprint density at radius 2 is 1.83 bits per heavy atom. The summed E-state index contributed by atoms with van der Waals surface area (Å²) < 4.78 is 11.4. The Balaban J connectivity index is 1.31. The van der Waals surface area contributed by atoms with Gasteiger partial charge in [0.05, 0.1) is 6.10 Å². The summed E-state index contributed by atoms with van der Waals surface area (Å²) in [6.45, 7) is 3.48. The van der Waals surface area contributed by atoms with E-state index in [0.717, 1.165) is 51.1 Å². The summed E-state index contributed by atoms with van der Waals surface area (Å²) in [5.41, 5.74) is 2.70. The third-order valence-corrected chi connectivity index (χ3v) is 4.37. The van der Waals surface area contributed by atoms with Gasteiger partial charge in [-0.15, -0.1) is 0 Å². The molecule has 1 N–H and O–H groups in total. The number of hydrogen-bond donors (Lipinski definition) is 1. The summed E-state index contributed by atoms with van der Waals surface area (Å²) in [4.78, 5) is 0. The van der Waals surface area contributed by atoms with Crippen molar-refractivity contribution in [1.29, 1.82) is 0 Å². The van der Waals surface area contributed by atoms with Crippen molar-refractivity contribution in [2.45, 2.75) is 38.3 Å². The van der Waals surface area contributed by atoms with Crippen LogP contribution in [-0.2, 0) is 17.7 Å². The summed E-state index contributed by atoms with van der Waals surface area (Å²) in [6.07, 6.45) is 4.83. The molecule has 2 aromatic carbocycles. The van der Waals surface area contributed by atoms with Crippen LogP contribution in [0.1, 0.15) is 30.4 Å². The molecular formula is C21H27NO2. The fraction of sp³-hybridized carbons (Fsp3) is 0.429. The van der Waals surface area contributed by atoms with E-state index in [4.69, 9.17) is 9.47 Å². The number of rotatable bonds is 9. The minimum atomic E-state index is 0.274. The van der Waals surface area contributed by atoms with E-state index in [2.05, 4.69) is 59.9 Å². The molecule has 1 aliphatic heterocycles. The third-order valence-electron chi connectivity index (χ3n) is 4.37. The molecule has 3 nitrogen and oxygen atoms in total. The Morgan fingerprint density at radius 1 is 1.00 bits per heavy atom. The Bertz CT molecular complexity index is 577. The van der Waals surface area contributed by atoms with Gasteiger partial charge in [0.2, 0.25) is 0 Å². The van der Waals surface area contributed by atoms with Crippen molar-refractivity contribution in [3.05, 3.63) is 65.7 Å². The summed E-state index contributed by atoms with van der Waals surface area (Å²) in [5, 5.41) is 3.51. The average Bonchev–Trinajstić information content (AvgIpc) is 3.15. The molecule has 128 valence electrons. The van der Waals surface area contributed by atoms with Crippen LogP contribution in [0, 0.1) is 0 Å². The van der Waals surface area contributed by atoms with Crippen LogP contribution in [0.4, 0.5) is 0 Å². The Morgan fingerprint density at radius 3 is 2.58 bits per heavy atom. The molecule has 24 heavy (non-hydrogen) atoms. The lowest BCUT2D eigenvalue weighted by atomic mass is 10.1. The van der Waals surface area contributed by atoms with Gasteiger partial charge in [-0.3, -0.25) is 0 Å². The number of ether oxygens (including phenoxy) is 2. The Labute approximate surface area is 145 Å². The third kappa shape index (κ3) is 5.66. The fourth-order valence-electron chi connectivity index (χ4n) is 2.96. The first kappa shape index (κ1) is 17.0. The lowest BCUT2D eigenvalue weighted by molar-refractivity contribution is 0.0679. The first-order chi connectivity index (χ1) is 11.9. The SMILES string of the molecule is c1ccc(CCCNCc2ccc(OCC3CCCO3)cc2)cc1. The number of hydrogen-bond acceptors (Lipinski definition) is 3. The molecule has 0 saturated carbocycles.